The predicted octanol–water partition coefficient (Wildman–Crippen LogP) is 6.90. The molecule has 0 bridgehead atoms. The van der Waals surface area contributed by atoms with Crippen LogP contribution in [-0.2, 0) is 23.9 Å². The SMILES string of the molecule is CC(=O)O[C@H]1CC[C@]2(C)[C@@H]3CC[C@]4(C)[C@H](CC[C@H]4[C@H](C)CCCC(C)C)[C@H]3CC(=O)[C@@]2(OC(C)=O)C1. The van der Waals surface area contributed by atoms with Gasteiger partial charge in [-0.1, -0.05) is 53.9 Å². The summed E-state index contributed by atoms with van der Waals surface area (Å²) in [6.45, 7) is 14.7. The molecule has 0 aromatic heterocycles. The van der Waals surface area contributed by atoms with Crippen molar-refractivity contribution in [2.45, 2.75) is 131 Å². The van der Waals surface area contributed by atoms with Crippen LogP contribution < -0.4 is 0 Å². The van der Waals surface area contributed by atoms with Gasteiger partial charge in [-0.15, -0.1) is 0 Å². The Morgan fingerprint density at radius 3 is 2.31 bits per heavy atom. The molecule has 0 spiro atoms. The van der Waals surface area contributed by atoms with Crippen molar-refractivity contribution in [3.63, 3.8) is 0 Å². The van der Waals surface area contributed by atoms with Crippen LogP contribution in [0.5, 0.6) is 0 Å². The molecule has 0 aromatic rings. The number of hydrogen-bond donors (Lipinski definition) is 0. The lowest BCUT2D eigenvalue weighted by molar-refractivity contribution is -0.230. The fraction of sp³-hybridized carbons (Fsp3) is 0.903. The van der Waals surface area contributed by atoms with Gasteiger partial charge < -0.3 is 9.47 Å². The number of esters is 2. The Morgan fingerprint density at radius 2 is 1.67 bits per heavy atom. The third-order valence-electron chi connectivity index (χ3n) is 11.4. The van der Waals surface area contributed by atoms with Crippen LogP contribution in [0, 0.1) is 46.3 Å². The van der Waals surface area contributed by atoms with E-state index in [-0.39, 0.29) is 17.9 Å². The minimum atomic E-state index is -1.17. The van der Waals surface area contributed by atoms with Crippen LogP contribution in [0.15, 0.2) is 0 Å². The zero-order valence-electron chi connectivity index (χ0n) is 23.9. The Labute approximate surface area is 218 Å². The fourth-order valence-corrected chi connectivity index (χ4v) is 9.80. The number of rotatable bonds is 7. The third-order valence-corrected chi connectivity index (χ3v) is 11.4. The van der Waals surface area contributed by atoms with Gasteiger partial charge in [0.25, 0.3) is 0 Å². The van der Waals surface area contributed by atoms with Gasteiger partial charge in [-0.2, -0.15) is 0 Å². The highest BCUT2D eigenvalue weighted by molar-refractivity contribution is 5.92. The molecule has 0 aliphatic heterocycles. The van der Waals surface area contributed by atoms with E-state index in [1.807, 2.05) is 0 Å². The summed E-state index contributed by atoms with van der Waals surface area (Å²) in [5.74, 6) is 2.84. The molecule has 36 heavy (non-hydrogen) atoms. The lowest BCUT2D eigenvalue weighted by Gasteiger charge is -2.63. The van der Waals surface area contributed by atoms with Crippen molar-refractivity contribution in [3.05, 3.63) is 0 Å². The highest BCUT2D eigenvalue weighted by Crippen LogP contribution is 2.69. The highest BCUT2D eigenvalue weighted by atomic mass is 16.6. The van der Waals surface area contributed by atoms with Gasteiger partial charge in [0, 0.05) is 32.1 Å². The molecule has 0 N–H and O–H groups in total. The van der Waals surface area contributed by atoms with Gasteiger partial charge in [-0.25, -0.2) is 0 Å². The van der Waals surface area contributed by atoms with E-state index in [1.54, 1.807) is 0 Å². The molecule has 0 saturated heterocycles. The number of ketones is 1. The first-order valence-electron chi connectivity index (χ1n) is 14.7. The molecule has 9 atom stereocenters. The Kier molecular flexibility index (Phi) is 7.72. The van der Waals surface area contributed by atoms with E-state index in [0.29, 0.717) is 36.0 Å². The van der Waals surface area contributed by atoms with E-state index in [0.717, 1.165) is 37.0 Å². The van der Waals surface area contributed by atoms with E-state index in [4.69, 9.17) is 9.47 Å². The zero-order valence-corrected chi connectivity index (χ0v) is 23.9. The second kappa shape index (κ2) is 10.1. The standard InChI is InChI=1S/C31H50O5/c1-19(2)9-8-10-20(3)25-11-12-26-24-17-28(34)31(36-22(5)33)18-23(35-21(4)32)13-16-30(31,7)27(24)14-15-29(25,26)6/h19-20,23-27H,8-18H2,1-7H3/t20-,23+,24-,25+,26-,27-,29+,30-,31+/m1/s1. The van der Waals surface area contributed by atoms with Crippen LogP contribution in [-0.4, -0.2) is 29.4 Å². The monoisotopic (exact) mass is 502 g/mol. The summed E-state index contributed by atoms with van der Waals surface area (Å²) >= 11 is 0. The molecular formula is C31H50O5. The summed E-state index contributed by atoms with van der Waals surface area (Å²) in [5, 5.41) is 0. The van der Waals surface area contributed by atoms with Crippen LogP contribution in [0.25, 0.3) is 0 Å². The van der Waals surface area contributed by atoms with Crippen molar-refractivity contribution < 1.29 is 23.9 Å². The second-order valence-corrected chi connectivity index (χ2v) is 13.8. The van der Waals surface area contributed by atoms with Crippen molar-refractivity contribution >= 4 is 17.7 Å². The van der Waals surface area contributed by atoms with Crippen molar-refractivity contribution in [3.8, 4) is 0 Å². The molecule has 5 heteroatoms. The van der Waals surface area contributed by atoms with Crippen LogP contribution in [0.2, 0.25) is 0 Å². The van der Waals surface area contributed by atoms with Gasteiger partial charge >= 0.3 is 11.9 Å². The number of carbonyl (C=O) groups is 3. The summed E-state index contributed by atoms with van der Waals surface area (Å²) < 4.78 is 11.6. The van der Waals surface area contributed by atoms with Crippen LogP contribution in [0.1, 0.15) is 119 Å². The van der Waals surface area contributed by atoms with Crippen molar-refractivity contribution in [1.82, 2.24) is 0 Å². The molecule has 4 aliphatic rings. The molecule has 0 unspecified atom stereocenters. The largest absolute Gasteiger partial charge is 0.462 e. The molecule has 4 aliphatic carbocycles. The molecule has 0 radical (unpaired) electrons. The zero-order chi connectivity index (χ0) is 26.5. The summed E-state index contributed by atoms with van der Waals surface area (Å²) in [6.07, 6.45) is 10.6. The van der Waals surface area contributed by atoms with Crippen LogP contribution in [0.3, 0.4) is 0 Å². The first-order chi connectivity index (χ1) is 16.8. The molecule has 0 aromatic carbocycles. The molecular weight excluding hydrogens is 452 g/mol. The number of Topliss-reactive ketones (excluding diaryl/α,β-unsaturated/α-hetero) is 1. The van der Waals surface area contributed by atoms with Gasteiger partial charge in [0.2, 0.25) is 0 Å². The summed E-state index contributed by atoms with van der Waals surface area (Å²) in [7, 11) is 0. The van der Waals surface area contributed by atoms with Crippen molar-refractivity contribution in [2.75, 3.05) is 0 Å². The molecule has 4 fully saturated rings. The van der Waals surface area contributed by atoms with Crippen molar-refractivity contribution in [2.24, 2.45) is 46.3 Å². The predicted molar refractivity (Wildman–Crippen MR) is 140 cm³/mol. The molecule has 4 saturated carbocycles. The van der Waals surface area contributed by atoms with E-state index in [2.05, 4.69) is 34.6 Å². The van der Waals surface area contributed by atoms with E-state index >= 15 is 0 Å². The van der Waals surface area contributed by atoms with Gasteiger partial charge in [-0.3, -0.25) is 14.4 Å². The smallest absolute Gasteiger partial charge is 0.303 e. The third kappa shape index (κ3) is 4.55. The highest BCUT2D eigenvalue weighted by Gasteiger charge is 2.70. The molecule has 4 rings (SSSR count). The lowest BCUT2D eigenvalue weighted by atomic mass is 9.42. The minimum Gasteiger partial charge on any atom is -0.462 e. The van der Waals surface area contributed by atoms with Gasteiger partial charge in [0.1, 0.15) is 6.10 Å². The van der Waals surface area contributed by atoms with Gasteiger partial charge in [0.05, 0.1) is 0 Å². The van der Waals surface area contributed by atoms with E-state index in [9.17, 15) is 14.4 Å². The topological polar surface area (TPSA) is 69.7 Å². The first-order valence-corrected chi connectivity index (χ1v) is 14.7. The van der Waals surface area contributed by atoms with Crippen LogP contribution in [0.4, 0.5) is 0 Å². The molecule has 0 heterocycles. The minimum absolute atomic E-state index is 0.0657. The maximum atomic E-state index is 14.1. The average molecular weight is 503 g/mol. The van der Waals surface area contributed by atoms with E-state index in [1.165, 1.54) is 52.4 Å². The fourth-order valence-electron chi connectivity index (χ4n) is 9.80. The maximum absolute atomic E-state index is 14.1. The Hall–Kier alpha value is -1.39. The van der Waals surface area contributed by atoms with Crippen molar-refractivity contribution in [1.29, 1.82) is 0 Å². The Morgan fingerprint density at radius 1 is 0.944 bits per heavy atom. The number of fused-ring (bicyclic) bond motifs is 5. The lowest BCUT2D eigenvalue weighted by Crippen LogP contribution is -2.68. The summed E-state index contributed by atoms with van der Waals surface area (Å²) in [4.78, 5) is 38.1. The van der Waals surface area contributed by atoms with Gasteiger partial charge in [-0.05, 0) is 79.4 Å². The van der Waals surface area contributed by atoms with Crippen LogP contribution >= 0.6 is 0 Å². The second-order valence-electron chi connectivity index (χ2n) is 13.8. The number of carbonyl (C=O) groups excluding carboxylic acids is 3. The Bertz CT molecular complexity index is 865. The number of hydrogen-bond acceptors (Lipinski definition) is 5. The average Bonchev–Trinajstić information content (AvgIpc) is 3.12. The summed E-state index contributed by atoms with van der Waals surface area (Å²) in [5.41, 5.74) is -1.28. The summed E-state index contributed by atoms with van der Waals surface area (Å²) in [6, 6.07) is 0. The Balaban J connectivity index is 1.59. The molecule has 204 valence electrons. The quantitative estimate of drug-likeness (QED) is 0.354. The van der Waals surface area contributed by atoms with Gasteiger partial charge in [0.15, 0.2) is 11.4 Å². The normalized spacial score (nSPS) is 42.8. The van der Waals surface area contributed by atoms with E-state index < -0.39 is 17.0 Å². The molecule has 0 amide bonds. The first kappa shape index (κ1) is 27.6. The molecule has 5 nitrogen and oxygen atoms in total. The maximum Gasteiger partial charge on any atom is 0.303 e. The number of ether oxygens (including phenoxy) is 2.